The van der Waals surface area contributed by atoms with Crippen molar-refractivity contribution in [1.82, 2.24) is 10.6 Å². The first-order chi connectivity index (χ1) is 15.3. The van der Waals surface area contributed by atoms with Gasteiger partial charge in [-0.3, -0.25) is 0 Å². The molecule has 32 heavy (non-hydrogen) atoms. The van der Waals surface area contributed by atoms with Crippen molar-refractivity contribution in [1.29, 1.82) is 0 Å². The molecular formula is C20H22N4O4S2Se2. The topological polar surface area (TPSA) is 101 Å². The van der Waals surface area contributed by atoms with Crippen molar-refractivity contribution in [3.63, 3.8) is 0 Å². The van der Waals surface area contributed by atoms with Gasteiger partial charge in [-0.2, -0.15) is 0 Å². The Hall–Kier alpha value is -2.20. The second-order valence-electron chi connectivity index (χ2n) is 5.97. The molecule has 0 saturated heterocycles. The zero-order chi connectivity index (χ0) is 23.7. The summed E-state index contributed by atoms with van der Waals surface area (Å²) in [6, 6.07) is 11.2. The number of methoxy groups -OCH3 is 2. The van der Waals surface area contributed by atoms with Crippen LogP contribution in [0, 0.1) is 0 Å². The van der Waals surface area contributed by atoms with Gasteiger partial charge >= 0.3 is 209 Å². The molecule has 0 spiro atoms. The van der Waals surface area contributed by atoms with E-state index in [9.17, 15) is 9.59 Å². The normalized spacial score (nSPS) is 10.0. The molecular weight excluding hydrogens is 582 g/mol. The van der Waals surface area contributed by atoms with Crippen LogP contribution in [0.25, 0.3) is 0 Å². The number of ether oxygens (including phenoxy) is 2. The van der Waals surface area contributed by atoms with E-state index >= 15 is 0 Å². The van der Waals surface area contributed by atoms with Gasteiger partial charge in [0.05, 0.1) is 0 Å². The fraction of sp³-hybridized carbons (Fsp3) is 0.200. The van der Waals surface area contributed by atoms with Crippen LogP contribution in [0.2, 0.25) is 0 Å². The van der Waals surface area contributed by atoms with Crippen molar-refractivity contribution in [2.45, 2.75) is 0 Å². The van der Waals surface area contributed by atoms with Gasteiger partial charge in [0.15, 0.2) is 0 Å². The molecule has 0 amide bonds. The first-order valence-electron chi connectivity index (χ1n) is 9.09. The maximum absolute atomic E-state index is 12.2. The summed E-state index contributed by atoms with van der Waals surface area (Å²) in [6.07, 6.45) is 0. The first-order valence-corrected chi connectivity index (χ1v) is 16.0. The van der Waals surface area contributed by atoms with Crippen LogP contribution in [0.5, 0.6) is 0 Å². The molecule has 0 bridgehead atoms. The Morgan fingerprint density at radius 1 is 0.750 bits per heavy atom. The third-order valence-electron chi connectivity index (χ3n) is 3.98. The van der Waals surface area contributed by atoms with Crippen LogP contribution >= 0.6 is 24.4 Å². The summed E-state index contributed by atoms with van der Waals surface area (Å²) in [6.45, 7) is 0. The Kier molecular flexibility index (Phi) is 10.4. The monoisotopic (exact) mass is 606 g/mol. The van der Waals surface area contributed by atoms with Gasteiger partial charge in [0.25, 0.3) is 0 Å². The van der Waals surface area contributed by atoms with Gasteiger partial charge in [-0.25, -0.2) is 0 Å². The van der Waals surface area contributed by atoms with E-state index in [1.165, 1.54) is 14.2 Å². The molecule has 0 heterocycles. The Morgan fingerprint density at radius 3 is 1.44 bits per heavy atom. The molecule has 2 aromatic carbocycles. The molecule has 0 unspecified atom stereocenters. The first kappa shape index (κ1) is 26.1. The number of rotatable bonds is 7. The predicted octanol–water partition coefficient (Wildman–Crippen LogP) is 0.366. The number of anilines is 2. The molecule has 8 nitrogen and oxygen atoms in total. The Balaban J connectivity index is 2.25. The maximum atomic E-state index is 12.2. The number of thiocarbonyl (C=S) groups is 2. The minimum atomic E-state index is -0.444. The summed E-state index contributed by atoms with van der Waals surface area (Å²) in [7, 11) is 6.08. The molecule has 0 saturated carbocycles. The quantitative estimate of drug-likeness (QED) is 0.202. The Bertz CT molecular complexity index is 955. The Morgan fingerprint density at radius 2 is 1.12 bits per heavy atom. The molecule has 0 aliphatic heterocycles. The number of nitrogens with one attached hydrogen (secondary N) is 4. The van der Waals surface area contributed by atoms with Crippen molar-refractivity contribution in [2.24, 2.45) is 0 Å². The van der Waals surface area contributed by atoms with Crippen molar-refractivity contribution < 1.29 is 19.1 Å². The molecule has 0 fully saturated rings. The van der Waals surface area contributed by atoms with Gasteiger partial charge in [0.2, 0.25) is 0 Å². The van der Waals surface area contributed by atoms with E-state index in [0.717, 1.165) is 8.92 Å². The SMILES string of the molecule is CNC(=S)Nc1ccc([Se][Se]c2ccc(NC(=S)NC)c(C(=O)OC)c2)cc1C(=O)OC. The molecule has 0 atom stereocenters. The number of benzene rings is 2. The summed E-state index contributed by atoms with van der Waals surface area (Å²) < 4.78 is 11.9. The number of hydrogen-bond acceptors (Lipinski definition) is 6. The van der Waals surface area contributed by atoms with Crippen LogP contribution in [-0.2, 0) is 9.47 Å². The van der Waals surface area contributed by atoms with Gasteiger partial charge in [0.1, 0.15) is 0 Å². The number of esters is 2. The van der Waals surface area contributed by atoms with Crippen molar-refractivity contribution in [2.75, 3.05) is 38.9 Å². The van der Waals surface area contributed by atoms with E-state index in [1.54, 1.807) is 14.1 Å². The van der Waals surface area contributed by atoms with E-state index < -0.39 is 11.9 Å². The van der Waals surface area contributed by atoms with Gasteiger partial charge in [-0.15, -0.1) is 0 Å². The van der Waals surface area contributed by atoms with E-state index in [-0.39, 0.29) is 26.3 Å². The van der Waals surface area contributed by atoms with Crippen LogP contribution in [-0.4, -0.2) is 76.7 Å². The van der Waals surface area contributed by atoms with E-state index in [4.69, 9.17) is 33.9 Å². The zero-order valence-electron chi connectivity index (χ0n) is 17.7. The molecule has 4 N–H and O–H groups in total. The third-order valence-corrected chi connectivity index (χ3v) is 11.7. The molecule has 0 radical (unpaired) electrons. The van der Waals surface area contributed by atoms with Gasteiger partial charge in [-0.1, -0.05) is 0 Å². The van der Waals surface area contributed by atoms with Crippen molar-refractivity contribution in [3.05, 3.63) is 47.5 Å². The second-order valence-corrected chi connectivity index (χ2v) is 13.1. The summed E-state index contributed by atoms with van der Waals surface area (Å²) in [4.78, 5) is 24.5. The molecule has 2 aromatic rings. The fourth-order valence-electron chi connectivity index (χ4n) is 2.39. The third kappa shape index (κ3) is 7.16. The second kappa shape index (κ2) is 12.7. The zero-order valence-corrected chi connectivity index (χ0v) is 22.8. The van der Waals surface area contributed by atoms with Crippen LogP contribution < -0.4 is 30.2 Å². The summed E-state index contributed by atoms with van der Waals surface area (Å²) in [5.74, 6) is -0.888. The van der Waals surface area contributed by atoms with Gasteiger partial charge < -0.3 is 0 Å². The molecule has 12 heteroatoms. The number of carbonyl (C=O) groups is 2. The molecule has 0 aliphatic rings. The standard InChI is InChI=1S/C20H22N4O4S2Se2/c1-21-19(29)23-15-7-5-11(9-13(15)17(25)27-3)31-32-12-6-8-16(24-20(30)22-2)14(10-12)18(26)28-4/h5-10H,1-4H3,(H2,21,23,29)(H2,22,24,30). The number of carbonyl (C=O) groups excluding carboxylic acids is 2. The summed E-state index contributed by atoms with van der Waals surface area (Å²) in [5.41, 5.74) is 1.98. The van der Waals surface area contributed by atoms with Crippen molar-refractivity contribution >= 4 is 93.2 Å². The number of hydrogen-bond donors (Lipinski definition) is 4. The van der Waals surface area contributed by atoms with Crippen LogP contribution in [0.1, 0.15) is 20.7 Å². The predicted molar refractivity (Wildman–Crippen MR) is 137 cm³/mol. The van der Waals surface area contributed by atoms with Crippen molar-refractivity contribution in [3.8, 4) is 0 Å². The average Bonchev–Trinajstić information content (AvgIpc) is 2.82. The van der Waals surface area contributed by atoms with Crippen LogP contribution in [0.3, 0.4) is 0 Å². The molecule has 2 rings (SSSR count). The summed E-state index contributed by atoms with van der Waals surface area (Å²) in [5, 5.41) is 12.4. The van der Waals surface area contributed by atoms with Gasteiger partial charge in [0, 0.05) is 0 Å². The van der Waals surface area contributed by atoms with Crippen LogP contribution in [0.4, 0.5) is 11.4 Å². The van der Waals surface area contributed by atoms with E-state index in [1.807, 2.05) is 36.4 Å². The minimum absolute atomic E-state index is 0.0560. The molecule has 0 aromatic heterocycles. The van der Waals surface area contributed by atoms with Crippen LogP contribution in [0.15, 0.2) is 36.4 Å². The molecule has 0 aliphatic carbocycles. The summed E-state index contributed by atoms with van der Waals surface area (Å²) >= 11 is 10.4. The van der Waals surface area contributed by atoms with E-state index in [2.05, 4.69) is 21.3 Å². The molecule has 170 valence electrons. The average molecular weight is 604 g/mol. The van der Waals surface area contributed by atoms with Gasteiger partial charge in [-0.05, 0) is 0 Å². The van der Waals surface area contributed by atoms with E-state index in [0.29, 0.717) is 32.7 Å². The Labute approximate surface area is 208 Å². The fourth-order valence-corrected chi connectivity index (χ4v) is 8.59.